The molecule has 0 unspecified atom stereocenters. The van der Waals surface area contributed by atoms with Crippen molar-refractivity contribution >= 4 is 23.6 Å². The van der Waals surface area contributed by atoms with Crippen LogP contribution in [0.15, 0.2) is 22.2 Å². The summed E-state index contributed by atoms with van der Waals surface area (Å²) in [7, 11) is 0. The van der Waals surface area contributed by atoms with Crippen LogP contribution in [0.4, 0.5) is 0 Å². The number of nitrogens with one attached hydrogen (secondary N) is 1. The minimum absolute atomic E-state index is 0.0645. The van der Waals surface area contributed by atoms with Crippen molar-refractivity contribution in [1.82, 2.24) is 14.9 Å². The molecule has 1 amide bonds. The molecule has 1 aromatic heterocycles. The second kappa shape index (κ2) is 6.56. The Hall–Kier alpha value is -1.83. The van der Waals surface area contributed by atoms with E-state index in [-0.39, 0.29) is 23.1 Å². The van der Waals surface area contributed by atoms with Crippen LogP contribution in [0.5, 0.6) is 0 Å². The molecule has 0 radical (unpaired) electrons. The number of carbonyl (C=O) groups is 2. The van der Waals surface area contributed by atoms with Crippen LogP contribution in [0.2, 0.25) is 0 Å². The van der Waals surface area contributed by atoms with Crippen molar-refractivity contribution in [3.63, 3.8) is 0 Å². The van der Waals surface area contributed by atoms with Gasteiger partial charge in [-0.25, -0.2) is 4.98 Å². The second-order valence-electron chi connectivity index (χ2n) is 4.52. The Morgan fingerprint density at radius 1 is 1.45 bits per heavy atom. The summed E-state index contributed by atoms with van der Waals surface area (Å²) in [6, 6.07) is 1.31. The number of hydrogen-bond donors (Lipinski definition) is 2. The predicted molar refractivity (Wildman–Crippen MR) is 72.5 cm³/mol. The Morgan fingerprint density at radius 2 is 2.15 bits per heavy atom. The van der Waals surface area contributed by atoms with Gasteiger partial charge >= 0.3 is 5.97 Å². The number of carbonyl (C=O) groups excluding carboxylic acids is 1. The Morgan fingerprint density at radius 3 is 2.75 bits per heavy atom. The van der Waals surface area contributed by atoms with Crippen LogP contribution in [-0.4, -0.2) is 50.7 Å². The van der Waals surface area contributed by atoms with Crippen molar-refractivity contribution in [2.24, 2.45) is 5.92 Å². The average Bonchev–Trinajstić information content (AvgIpc) is 2.45. The summed E-state index contributed by atoms with van der Waals surface area (Å²) in [6.07, 6.45) is 2.38. The first-order valence-electron chi connectivity index (χ1n) is 6.25. The SMILES string of the molecule is O=C(O)C1CCN(C(=O)CSc2nccc(=O)[nH]2)CC1. The lowest BCUT2D eigenvalue weighted by molar-refractivity contribution is -0.145. The lowest BCUT2D eigenvalue weighted by Gasteiger charge is -2.30. The molecule has 1 aromatic rings. The summed E-state index contributed by atoms with van der Waals surface area (Å²) in [5.74, 6) is -1.02. The standard InChI is InChI=1S/C12H15N3O4S/c16-9-1-4-13-12(14-9)20-7-10(17)15-5-2-8(3-6-15)11(18)19/h1,4,8H,2-3,5-7H2,(H,18,19)(H,13,14,16). The molecular formula is C12H15N3O4S. The second-order valence-corrected chi connectivity index (χ2v) is 5.49. The van der Waals surface area contributed by atoms with Crippen LogP contribution in [0.25, 0.3) is 0 Å². The van der Waals surface area contributed by atoms with E-state index in [0.29, 0.717) is 31.1 Å². The van der Waals surface area contributed by atoms with Crippen molar-refractivity contribution in [2.45, 2.75) is 18.0 Å². The number of likely N-dealkylation sites (tertiary alicyclic amines) is 1. The highest BCUT2D eigenvalue weighted by atomic mass is 32.2. The molecule has 0 atom stereocenters. The molecule has 2 N–H and O–H groups in total. The van der Waals surface area contributed by atoms with Gasteiger partial charge in [0.15, 0.2) is 5.16 Å². The van der Waals surface area contributed by atoms with Gasteiger partial charge in [-0.2, -0.15) is 0 Å². The normalized spacial score (nSPS) is 16.1. The first kappa shape index (κ1) is 14.6. The number of amides is 1. The Bertz CT molecular complexity index is 552. The minimum atomic E-state index is -0.794. The first-order valence-corrected chi connectivity index (χ1v) is 7.23. The molecule has 2 heterocycles. The van der Waals surface area contributed by atoms with Crippen molar-refractivity contribution in [3.05, 3.63) is 22.6 Å². The zero-order valence-corrected chi connectivity index (χ0v) is 11.6. The van der Waals surface area contributed by atoms with Crippen molar-refractivity contribution in [2.75, 3.05) is 18.8 Å². The molecule has 0 spiro atoms. The number of piperidine rings is 1. The number of rotatable bonds is 4. The molecule has 1 saturated heterocycles. The minimum Gasteiger partial charge on any atom is -0.481 e. The van der Waals surface area contributed by atoms with E-state index in [1.807, 2.05) is 0 Å². The van der Waals surface area contributed by atoms with Crippen LogP contribution in [0.3, 0.4) is 0 Å². The maximum absolute atomic E-state index is 12.0. The van der Waals surface area contributed by atoms with Crippen molar-refractivity contribution in [3.8, 4) is 0 Å². The van der Waals surface area contributed by atoms with E-state index in [2.05, 4.69) is 9.97 Å². The number of aromatic amines is 1. The molecule has 20 heavy (non-hydrogen) atoms. The van der Waals surface area contributed by atoms with E-state index in [0.717, 1.165) is 0 Å². The fourth-order valence-electron chi connectivity index (χ4n) is 2.02. The molecule has 0 aromatic carbocycles. The maximum Gasteiger partial charge on any atom is 0.306 e. The van der Waals surface area contributed by atoms with Crippen LogP contribution >= 0.6 is 11.8 Å². The van der Waals surface area contributed by atoms with E-state index >= 15 is 0 Å². The molecule has 2 rings (SSSR count). The highest BCUT2D eigenvalue weighted by Crippen LogP contribution is 2.19. The van der Waals surface area contributed by atoms with E-state index in [1.54, 1.807) is 4.90 Å². The lowest BCUT2D eigenvalue weighted by atomic mass is 9.97. The topological polar surface area (TPSA) is 103 Å². The molecule has 7 nitrogen and oxygen atoms in total. The zero-order valence-electron chi connectivity index (χ0n) is 10.7. The lowest BCUT2D eigenvalue weighted by Crippen LogP contribution is -2.41. The van der Waals surface area contributed by atoms with Gasteiger partial charge in [0.05, 0.1) is 11.7 Å². The Balaban J connectivity index is 1.81. The molecule has 0 aliphatic carbocycles. The molecule has 108 valence electrons. The summed E-state index contributed by atoms with van der Waals surface area (Å²) >= 11 is 1.17. The van der Waals surface area contributed by atoms with Crippen LogP contribution in [-0.2, 0) is 9.59 Å². The summed E-state index contributed by atoms with van der Waals surface area (Å²) in [5, 5.41) is 9.30. The molecule has 0 bridgehead atoms. The summed E-state index contributed by atoms with van der Waals surface area (Å²) in [4.78, 5) is 42.0. The monoisotopic (exact) mass is 297 g/mol. The highest BCUT2D eigenvalue weighted by molar-refractivity contribution is 7.99. The Labute approximate surface area is 119 Å². The van der Waals surface area contributed by atoms with Crippen LogP contribution < -0.4 is 5.56 Å². The number of nitrogens with zero attached hydrogens (tertiary/aromatic N) is 2. The molecule has 1 fully saturated rings. The number of H-pyrrole nitrogens is 1. The van der Waals surface area contributed by atoms with Crippen LogP contribution in [0, 0.1) is 5.92 Å². The zero-order chi connectivity index (χ0) is 14.5. The average molecular weight is 297 g/mol. The third kappa shape index (κ3) is 3.83. The molecule has 1 aliphatic heterocycles. The molecule has 1 aliphatic rings. The third-order valence-corrected chi connectivity index (χ3v) is 4.05. The van der Waals surface area contributed by atoms with Gasteiger partial charge in [-0.1, -0.05) is 11.8 Å². The van der Waals surface area contributed by atoms with Gasteiger partial charge in [-0.05, 0) is 12.8 Å². The van der Waals surface area contributed by atoms with Gasteiger partial charge in [0.25, 0.3) is 5.56 Å². The van der Waals surface area contributed by atoms with Crippen LogP contribution in [0.1, 0.15) is 12.8 Å². The molecule has 8 heteroatoms. The number of thioether (sulfide) groups is 1. The summed E-state index contributed by atoms with van der Waals surface area (Å²) in [5.41, 5.74) is -0.253. The number of carboxylic acids is 1. The Kier molecular flexibility index (Phi) is 4.78. The van der Waals surface area contributed by atoms with Gasteiger partial charge in [0.2, 0.25) is 5.91 Å². The number of aromatic nitrogens is 2. The van der Waals surface area contributed by atoms with Gasteiger partial charge in [0.1, 0.15) is 0 Å². The van der Waals surface area contributed by atoms with E-state index in [1.165, 1.54) is 24.0 Å². The molecule has 0 saturated carbocycles. The predicted octanol–water partition coefficient (Wildman–Crippen LogP) is 0.185. The van der Waals surface area contributed by atoms with Gasteiger partial charge in [-0.15, -0.1) is 0 Å². The van der Waals surface area contributed by atoms with Gasteiger partial charge < -0.3 is 15.0 Å². The van der Waals surface area contributed by atoms with E-state index in [9.17, 15) is 14.4 Å². The smallest absolute Gasteiger partial charge is 0.306 e. The number of aliphatic carboxylic acids is 1. The van der Waals surface area contributed by atoms with E-state index in [4.69, 9.17) is 5.11 Å². The van der Waals surface area contributed by atoms with Crippen molar-refractivity contribution < 1.29 is 14.7 Å². The molecular weight excluding hydrogens is 282 g/mol. The largest absolute Gasteiger partial charge is 0.481 e. The highest BCUT2D eigenvalue weighted by Gasteiger charge is 2.26. The summed E-state index contributed by atoms with van der Waals surface area (Å²) < 4.78 is 0. The van der Waals surface area contributed by atoms with E-state index < -0.39 is 5.97 Å². The first-order chi connectivity index (χ1) is 9.56. The van der Waals surface area contributed by atoms with Crippen molar-refractivity contribution in [1.29, 1.82) is 0 Å². The fourth-order valence-corrected chi connectivity index (χ4v) is 2.77. The maximum atomic E-state index is 12.0. The summed E-state index contributed by atoms with van der Waals surface area (Å²) in [6.45, 7) is 0.935. The number of hydrogen-bond acceptors (Lipinski definition) is 5. The quantitative estimate of drug-likeness (QED) is 0.607. The van der Waals surface area contributed by atoms with Gasteiger partial charge in [-0.3, -0.25) is 14.4 Å². The van der Waals surface area contributed by atoms with Gasteiger partial charge in [0, 0.05) is 25.4 Å². The number of carboxylic acid groups (broad SMARTS) is 1. The third-order valence-electron chi connectivity index (χ3n) is 3.18. The fraction of sp³-hybridized carbons (Fsp3) is 0.500.